The van der Waals surface area contributed by atoms with Crippen LogP contribution in [0, 0.1) is 15.9 Å². The Balaban J connectivity index is 2.12. The molecule has 0 bridgehead atoms. The molecule has 0 radical (unpaired) electrons. The minimum absolute atomic E-state index is 0.0734. The van der Waals surface area contributed by atoms with E-state index in [1.54, 1.807) is 24.3 Å². The van der Waals surface area contributed by atoms with Crippen molar-refractivity contribution < 1.29 is 14.1 Å². The van der Waals surface area contributed by atoms with Crippen molar-refractivity contribution in [3.63, 3.8) is 0 Å². The van der Waals surface area contributed by atoms with Gasteiger partial charge in [-0.15, -0.1) is 0 Å². The standard InChI is InChI=1S/C18H20FN3O3/c1-3-12(2)21-18(23)14-6-4-5-13(9-14)11-20-16-10-15(19)7-8-17(16)22(24)25/h4-10,12,20H,3,11H2,1-2H3,(H,21,23). The molecule has 0 aliphatic heterocycles. The summed E-state index contributed by atoms with van der Waals surface area (Å²) < 4.78 is 13.3. The van der Waals surface area contributed by atoms with Gasteiger partial charge in [0.15, 0.2) is 0 Å². The highest BCUT2D eigenvalue weighted by molar-refractivity contribution is 5.94. The van der Waals surface area contributed by atoms with Crippen LogP contribution in [0.2, 0.25) is 0 Å². The number of nitro benzene ring substituents is 1. The van der Waals surface area contributed by atoms with Gasteiger partial charge in [-0.05, 0) is 37.1 Å². The lowest BCUT2D eigenvalue weighted by Crippen LogP contribution is -2.31. The van der Waals surface area contributed by atoms with Crippen LogP contribution >= 0.6 is 0 Å². The molecule has 0 saturated carbocycles. The monoisotopic (exact) mass is 345 g/mol. The van der Waals surface area contributed by atoms with E-state index in [1.165, 1.54) is 0 Å². The number of halogens is 1. The molecule has 1 amide bonds. The zero-order valence-electron chi connectivity index (χ0n) is 14.1. The summed E-state index contributed by atoms with van der Waals surface area (Å²) >= 11 is 0. The Morgan fingerprint density at radius 2 is 2.04 bits per heavy atom. The summed E-state index contributed by atoms with van der Waals surface area (Å²) in [7, 11) is 0. The number of anilines is 1. The van der Waals surface area contributed by atoms with Gasteiger partial charge in [0.1, 0.15) is 11.5 Å². The first kappa shape index (κ1) is 18.4. The summed E-state index contributed by atoms with van der Waals surface area (Å²) in [5.74, 6) is -0.734. The van der Waals surface area contributed by atoms with Gasteiger partial charge in [-0.25, -0.2) is 4.39 Å². The van der Waals surface area contributed by atoms with Crippen LogP contribution in [0.25, 0.3) is 0 Å². The van der Waals surface area contributed by atoms with Gasteiger partial charge in [0.2, 0.25) is 0 Å². The number of nitro groups is 1. The van der Waals surface area contributed by atoms with E-state index in [-0.39, 0.29) is 29.9 Å². The minimum Gasteiger partial charge on any atom is -0.375 e. The summed E-state index contributed by atoms with van der Waals surface area (Å²) in [6.45, 7) is 4.14. The van der Waals surface area contributed by atoms with E-state index in [9.17, 15) is 19.3 Å². The summed E-state index contributed by atoms with van der Waals surface area (Å²) in [5.41, 5.74) is 1.16. The van der Waals surface area contributed by atoms with Gasteiger partial charge < -0.3 is 10.6 Å². The first-order chi connectivity index (χ1) is 11.9. The van der Waals surface area contributed by atoms with Crippen LogP contribution in [-0.4, -0.2) is 16.9 Å². The molecule has 1 atom stereocenters. The van der Waals surface area contributed by atoms with Crippen LogP contribution < -0.4 is 10.6 Å². The van der Waals surface area contributed by atoms with Crippen molar-refractivity contribution in [2.45, 2.75) is 32.9 Å². The Labute approximate surface area is 145 Å². The van der Waals surface area contributed by atoms with Gasteiger partial charge in [0, 0.05) is 30.3 Å². The third kappa shape index (κ3) is 5.00. The van der Waals surface area contributed by atoms with Crippen molar-refractivity contribution in [3.05, 3.63) is 69.5 Å². The van der Waals surface area contributed by atoms with Crippen LogP contribution in [0.5, 0.6) is 0 Å². The molecule has 2 aromatic carbocycles. The molecule has 7 heteroatoms. The molecule has 1 unspecified atom stereocenters. The van der Waals surface area contributed by atoms with E-state index >= 15 is 0 Å². The van der Waals surface area contributed by atoms with Crippen LogP contribution in [0.1, 0.15) is 36.2 Å². The molecule has 0 heterocycles. The number of carbonyl (C=O) groups is 1. The third-order valence-corrected chi connectivity index (χ3v) is 3.82. The SMILES string of the molecule is CCC(C)NC(=O)c1cccc(CNc2cc(F)ccc2[N+](=O)[O-])c1. The van der Waals surface area contributed by atoms with E-state index in [2.05, 4.69) is 10.6 Å². The first-order valence-electron chi connectivity index (χ1n) is 7.98. The molecule has 2 aromatic rings. The normalized spacial score (nSPS) is 11.6. The van der Waals surface area contributed by atoms with E-state index in [0.29, 0.717) is 5.56 Å². The van der Waals surface area contributed by atoms with Crippen LogP contribution in [0.3, 0.4) is 0 Å². The molecule has 0 spiro atoms. The molecule has 0 aliphatic rings. The molecule has 132 valence electrons. The fraction of sp³-hybridized carbons (Fsp3) is 0.278. The van der Waals surface area contributed by atoms with Gasteiger partial charge >= 0.3 is 0 Å². The van der Waals surface area contributed by atoms with Gasteiger partial charge in [0.25, 0.3) is 11.6 Å². The highest BCUT2D eigenvalue weighted by Crippen LogP contribution is 2.25. The Hall–Kier alpha value is -2.96. The van der Waals surface area contributed by atoms with Crippen molar-refractivity contribution >= 4 is 17.3 Å². The lowest BCUT2D eigenvalue weighted by atomic mass is 10.1. The van der Waals surface area contributed by atoms with Gasteiger partial charge in [-0.2, -0.15) is 0 Å². The van der Waals surface area contributed by atoms with Crippen molar-refractivity contribution in [2.75, 3.05) is 5.32 Å². The minimum atomic E-state index is -0.572. The number of amides is 1. The van der Waals surface area contributed by atoms with Crippen LogP contribution in [0.4, 0.5) is 15.8 Å². The van der Waals surface area contributed by atoms with E-state index in [1.807, 2.05) is 13.8 Å². The lowest BCUT2D eigenvalue weighted by molar-refractivity contribution is -0.384. The molecule has 0 saturated heterocycles. The van der Waals surface area contributed by atoms with E-state index in [4.69, 9.17) is 0 Å². The second-order valence-electron chi connectivity index (χ2n) is 5.76. The fourth-order valence-corrected chi connectivity index (χ4v) is 2.24. The van der Waals surface area contributed by atoms with E-state index < -0.39 is 10.7 Å². The molecule has 2 N–H and O–H groups in total. The Morgan fingerprint density at radius 1 is 1.28 bits per heavy atom. The largest absolute Gasteiger partial charge is 0.375 e. The van der Waals surface area contributed by atoms with Crippen molar-refractivity contribution in [2.24, 2.45) is 0 Å². The highest BCUT2D eigenvalue weighted by Gasteiger charge is 2.14. The number of nitrogens with one attached hydrogen (secondary N) is 2. The molecule has 0 fully saturated rings. The van der Waals surface area contributed by atoms with E-state index in [0.717, 1.165) is 30.2 Å². The molecule has 0 aliphatic carbocycles. The maximum absolute atomic E-state index is 13.3. The molecule has 2 rings (SSSR count). The second-order valence-corrected chi connectivity index (χ2v) is 5.76. The average molecular weight is 345 g/mol. The average Bonchev–Trinajstić information content (AvgIpc) is 2.59. The number of rotatable bonds is 7. The third-order valence-electron chi connectivity index (χ3n) is 3.82. The summed E-state index contributed by atoms with van der Waals surface area (Å²) in [6.07, 6.45) is 0.830. The number of hydrogen-bond donors (Lipinski definition) is 2. The summed E-state index contributed by atoms with van der Waals surface area (Å²) in [5, 5.41) is 16.7. The molecule has 25 heavy (non-hydrogen) atoms. The van der Waals surface area contributed by atoms with Crippen LogP contribution in [-0.2, 0) is 6.54 Å². The predicted octanol–water partition coefficient (Wildman–Crippen LogP) is 3.87. The first-order valence-corrected chi connectivity index (χ1v) is 7.98. The van der Waals surface area contributed by atoms with Crippen molar-refractivity contribution in [3.8, 4) is 0 Å². The maximum Gasteiger partial charge on any atom is 0.292 e. The fourth-order valence-electron chi connectivity index (χ4n) is 2.24. The highest BCUT2D eigenvalue weighted by atomic mass is 19.1. The zero-order chi connectivity index (χ0) is 18.4. The van der Waals surface area contributed by atoms with Crippen molar-refractivity contribution in [1.29, 1.82) is 0 Å². The van der Waals surface area contributed by atoms with Gasteiger partial charge in [0.05, 0.1) is 4.92 Å². The lowest BCUT2D eigenvalue weighted by Gasteiger charge is -2.12. The summed E-state index contributed by atoms with van der Waals surface area (Å²) in [6, 6.07) is 10.3. The second kappa shape index (κ2) is 8.23. The predicted molar refractivity (Wildman–Crippen MR) is 94.0 cm³/mol. The molecule has 6 nitrogen and oxygen atoms in total. The number of nitrogens with zero attached hydrogens (tertiary/aromatic N) is 1. The topological polar surface area (TPSA) is 84.3 Å². The van der Waals surface area contributed by atoms with Gasteiger partial charge in [-0.3, -0.25) is 14.9 Å². The molecular weight excluding hydrogens is 325 g/mol. The Morgan fingerprint density at radius 3 is 2.72 bits per heavy atom. The smallest absolute Gasteiger partial charge is 0.292 e. The Kier molecular flexibility index (Phi) is 6.05. The molecular formula is C18H20FN3O3. The van der Waals surface area contributed by atoms with Crippen molar-refractivity contribution in [1.82, 2.24) is 5.32 Å². The van der Waals surface area contributed by atoms with Gasteiger partial charge in [-0.1, -0.05) is 19.1 Å². The molecule has 0 aromatic heterocycles. The maximum atomic E-state index is 13.3. The zero-order valence-corrected chi connectivity index (χ0v) is 14.1. The number of carbonyl (C=O) groups excluding carboxylic acids is 1. The van der Waals surface area contributed by atoms with Crippen LogP contribution in [0.15, 0.2) is 42.5 Å². The number of benzene rings is 2. The number of hydrogen-bond acceptors (Lipinski definition) is 4. The quantitative estimate of drug-likeness (QED) is 0.589. The summed E-state index contributed by atoms with van der Waals surface area (Å²) in [4.78, 5) is 22.6. The Bertz CT molecular complexity index is 780.